The van der Waals surface area contributed by atoms with E-state index in [1.54, 1.807) is 24.3 Å². The molecule has 0 heterocycles. The molecule has 1 rings (SSSR count). The van der Waals surface area contributed by atoms with Crippen molar-refractivity contribution < 1.29 is 34.0 Å². The molecule has 0 aromatic heterocycles. The lowest BCUT2D eigenvalue weighted by atomic mass is 10.3. The number of para-hydroxylation sites is 1. The van der Waals surface area contributed by atoms with Gasteiger partial charge in [-0.05, 0) is 19.1 Å². The topological polar surface area (TPSA) is 94.5 Å². The van der Waals surface area contributed by atoms with Gasteiger partial charge in [-0.1, -0.05) is 18.2 Å². The smallest absolute Gasteiger partial charge is 0.338 e. The molecule has 0 bridgehead atoms. The molecule has 0 unspecified atom stereocenters. The molecule has 1 aromatic rings. The van der Waals surface area contributed by atoms with Crippen LogP contribution in [0.4, 0.5) is 0 Å². The molecular formula is C16H22O7. The highest BCUT2D eigenvalue weighted by Gasteiger charge is 2.13. The molecule has 0 radical (unpaired) electrons. The van der Waals surface area contributed by atoms with Gasteiger partial charge in [-0.3, -0.25) is 0 Å². The van der Waals surface area contributed by atoms with Gasteiger partial charge in [-0.15, -0.1) is 0 Å². The number of hydrogen-bond acceptors (Lipinski definition) is 6. The summed E-state index contributed by atoms with van der Waals surface area (Å²) in [7, 11) is 0. The summed E-state index contributed by atoms with van der Waals surface area (Å²) in [4.78, 5) is 11.1. The molecule has 0 spiro atoms. The van der Waals surface area contributed by atoms with Crippen molar-refractivity contribution in [2.45, 2.75) is 6.92 Å². The van der Waals surface area contributed by atoms with Gasteiger partial charge in [-0.2, -0.15) is 0 Å². The lowest BCUT2D eigenvalue weighted by molar-refractivity contribution is -0.133. The Morgan fingerprint density at radius 1 is 1.00 bits per heavy atom. The van der Waals surface area contributed by atoms with E-state index in [0.717, 1.165) is 0 Å². The second-order valence-electron chi connectivity index (χ2n) is 4.43. The summed E-state index contributed by atoms with van der Waals surface area (Å²) < 4.78 is 21.1. The second-order valence-corrected chi connectivity index (χ2v) is 4.43. The first kappa shape index (κ1) is 19.0. The SMILES string of the molecule is CC(C(=O)O)=C(OCCOCCOCCO)Oc1ccccc1. The predicted molar refractivity (Wildman–Crippen MR) is 82.1 cm³/mol. The van der Waals surface area contributed by atoms with Crippen LogP contribution in [0.15, 0.2) is 41.9 Å². The maximum absolute atomic E-state index is 11.1. The van der Waals surface area contributed by atoms with Crippen LogP contribution in [0.5, 0.6) is 5.75 Å². The number of benzene rings is 1. The van der Waals surface area contributed by atoms with Gasteiger partial charge in [0.15, 0.2) is 0 Å². The lowest BCUT2D eigenvalue weighted by Gasteiger charge is -2.13. The monoisotopic (exact) mass is 326 g/mol. The predicted octanol–water partition coefficient (Wildman–Crippen LogP) is 1.42. The van der Waals surface area contributed by atoms with Crippen LogP contribution in [0.3, 0.4) is 0 Å². The molecule has 7 heteroatoms. The lowest BCUT2D eigenvalue weighted by Crippen LogP contribution is -2.14. The van der Waals surface area contributed by atoms with E-state index in [9.17, 15) is 4.79 Å². The van der Waals surface area contributed by atoms with Crippen LogP contribution >= 0.6 is 0 Å². The zero-order chi connectivity index (χ0) is 16.9. The van der Waals surface area contributed by atoms with Crippen molar-refractivity contribution in [3.05, 3.63) is 41.9 Å². The minimum Gasteiger partial charge on any atom is -0.478 e. The van der Waals surface area contributed by atoms with Crippen molar-refractivity contribution in [3.63, 3.8) is 0 Å². The van der Waals surface area contributed by atoms with Crippen molar-refractivity contribution in [1.29, 1.82) is 0 Å². The van der Waals surface area contributed by atoms with Crippen LogP contribution in [0.1, 0.15) is 6.92 Å². The van der Waals surface area contributed by atoms with Crippen LogP contribution in [-0.4, -0.2) is 55.8 Å². The Labute approximate surface area is 135 Å². The molecule has 0 aliphatic rings. The Hall–Kier alpha value is -2.09. The van der Waals surface area contributed by atoms with Gasteiger partial charge in [0.25, 0.3) is 5.95 Å². The highest BCUT2D eigenvalue weighted by molar-refractivity contribution is 5.86. The minimum atomic E-state index is -1.12. The average Bonchev–Trinajstić information content (AvgIpc) is 2.56. The molecule has 7 nitrogen and oxygen atoms in total. The summed E-state index contributed by atoms with van der Waals surface area (Å²) in [5.74, 6) is -0.695. The van der Waals surface area contributed by atoms with Crippen LogP contribution in [0.2, 0.25) is 0 Å². The van der Waals surface area contributed by atoms with E-state index in [1.165, 1.54) is 6.92 Å². The number of aliphatic hydroxyl groups excluding tert-OH is 1. The van der Waals surface area contributed by atoms with Crippen LogP contribution < -0.4 is 4.74 Å². The molecule has 2 N–H and O–H groups in total. The number of hydrogen-bond donors (Lipinski definition) is 2. The molecule has 128 valence electrons. The molecular weight excluding hydrogens is 304 g/mol. The summed E-state index contributed by atoms with van der Waals surface area (Å²) in [6, 6.07) is 8.78. The van der Waals surface area contributed by atoms with E-state index in [4.69, 9.17) is 29.2 Å². The van der Waals surface area contributed by atoms with E-state index in [2.05, 4.69) is 0 Å². The fourth-order valence-electron chi connectivity index (χ4n) is 1.48. The second kappa shape index (κ2) is 11.5. The molecule has 23 heavy (non-hydrogen) atoms. The van der Waals surface area contributed by atoms with Gasteiger partial charge in [0, 0.05) is 0 Å². The molecule has 0 atom stereocenters. The first-order valence-corrected chi connectivity index (χ1v) is 7.21. The Kier molecular flexibility index (Phi) is 9.46. The summed E-state index contributed by atoms with van der Waals surface area (Å²) in [6.45, 7) is 2.80. The van der Waals surface area contributed by atoms with E-state index in [0.29, 0.717) is 19.0 Å². The summed E-state index contributed by atoms with van der Waals surface area (Å²) >= 11 is 0. The minimum absolute atomic E-state index is 0.0252. The number of aliphatic hydroxyl groups is 1. The van der Waals surface area contributed by atoms with E-state index < -0.39 is 5.97 Å². The zero-order valence-electron chi connectivity index (χ0n) is 13.1. The molecule has 1 aromatic carbocycles. The van der Waals surface area contributed by atoms with Gasteiger partial charge >= 0.3 is 5.97 Å². The third-order valence-corrected chi connectivity index (χ3v) is 2.65. The van der Waals surface area contributed by atoms with Crippen molar-refractivity contribution in [2.75, 3.05) is 39.6 Å². The largest absolute Gasteiger partial charge is 0.478 e. The Morgan fingerprint density at radius 3 is 2.22 bits per heavy atom. The molecule has 0 aliphatic carbocycles. The number of rotatable bonds is 12. The summed E-state index contributed by atoms with van der Waals surface area (Å²) in [5, 5.41) is 17.6. The highest BCUT2D eigenvalue weighted by Crippen LogP contribution is 2.16. The molecule has 0 saturated carbocycles. The Balaban J connectivity index is 2.40. The third kappa shape index (κ3) is 8.20. The number of carboxylic acids is 1. The number of carboxylic acid groups (broad SMARTS) is 1. The highest BCUT2D eigenvalue weighted by atomic mass is 16.7. The molecule has 0 fully saturated rings. The van der Waals surface area contributed by atoms with E-state index >= 15 is 0 Å². The number of aliphatic carboxylic acids is 1. The van der Waals surface area contributed by atoms with Gasteiger partial charge in [0.1, 0.15) is 17.9 Å². The van der Waals surface area contributed by atoms with Crippen molar-refractivity contribution >= 4 is 5.97 Å². The number of carbonyl (C=O) groups is 1. The fraction of sp³-hybridized carbons (Fsp3) is 0.438. The first-order chi connectivity index (χ1) is 11.1. The molecule has 0 amide bonds. The maximum atomic E-state index is 11.1. The Morgan fingerprint density at radius 2 is 1.61 bits per heavy atom. The van der Waals surface area contributed by atoms with Gasteiger partial charge < -0.3 is 29.2 Å². The van der Waals surface area contributed by atoms with Crippen LogP contribution in [0, 0.1) is 0 Å². The van der Waals surface area contributed by atoms with Crippen molar-refractivity contribution in [2.24, 2.45) is 0 Å². The zero-order valence-corrected chi connectivity index (χ0v) is 13.1. The van der Waals surface area contributed by atoms with Crippen molar-refractivity contribution in [1.82, 2.24) is 0 Å². The van der Waals surface area contributed by atoms with Crippen LogP contribution in [-0.2, 0) is 19.0 Å². The third-order valence-electron chi connectivity index (χ3n) is 2.65. The van der Waals surface area contributed by atoms with Gasteiger partial charge in [0.2, 0.25) is 0 Å². The molecule has 0 aliphatic heterocycles. The molecule has 0 saturated heterocycles. The first-order valence-electron chi connectivity index (χ1n) is 7.21. The quantitative estimate of drug-likeness (QED) is 0.341. The van der Waals surface area contributed by atoms with Crippen molar-refractivity contribution in [3.8, 4) is 5.75 Å². The normalized spacial score (nSPS) is 11.7. The fourth-order valence-corrected chi connectivity index (χ4v) is 1.48. The summed E-state index contributed by atoms with van der Waals surface area (Å²) in [6.07, 6.45) is 0. The van der Waals surface area contributed by atoms with Gasteiger partial charge in [-0.25, -0.2) is 4.79 Å². The van der Waals surface area contributed by atoms with E-state index in [-0.39, 0.29) is 37.9 Å². The maximum Gasteiger partial charge on any atom is 0.338 e. The summed E-state index contributed by atoms with van der Waals surface area (Å²) in [5.41, 5.74) is -0.0277. The number of ether oxygens (including phenoxy) is 4. The Bertz CT molecular complexity index is 484. The van der Waals surface area contributed by atoms with E-state index in [1.807, 2.05) is 6.07 Å². The average molecular weight is 326 g/mol. The van der Waals surface area contributed by atoms with Crippen LogP contribution in [0.25, 0.3) is 0 Å². The standard InChI is InChI=1S/C16H22O7/c1-13(15(18)19)16(23-14-5-3-2-4-6-14)22-12-11-21-10-9-20-8-7-17/h2-6,17H,7-12H2,1H3,(H,18,19). The van der Waals surface area contributed by atoms with Gasteiger partial charge in [0.05, 0.1) is 33.0 Å².